The first-order chi connectivity index (χ1) is 12.5. The summed E-state index contributed by atoms with van der Waals surface area (Å²) < 4.78 is 33.3. The Kier molecular flexibility index (Phi) is 6.11. The van der Waals surface area contributed by atoms with Gasteiger partial charge in [-0.05, 0) is 43.2 Å². The third-order valence-corrected chi connectivity index (χ3v) is 6.10. The normalized spacial score (nSPS) is 16.2. The largest absolute Gasteiger partial charge is 0.467 e. The van der Waals surface area contributed by atoms with Gasteiger partial charge in [-0.25, -0.2) is 13.1 Å². The molecular weight excluding hydrogens is 352 g/mol. The average Bonchev–Trinajstić information content (AvgIpc) is 3.04. The monoisotopic (exact) mass is 376 g/mol. The van der Waals surface area contributed by atoms with Crippen LogP contribution in [0.1, 0.15) is 54.6 Å². The van der Waals surface area contributed by atoms with Crippen molar-refractivity contribution in [2.45, 2.75) is 56.0 Å². The number of hydrogen-bond acceptors (Lipinski definition) is 4. The van der Waals surface area contributed by atoms with E-state index in [2.05, 4.69) is 10.0 Å². The summed E-state index contributed by atoms with van der Waals surface area (Å²) in [5.74, 6) is 0.296. The second kappa shape index (κ2) is 8.51. The Hall–Kier alpha value is -2.12. The van der Waals surface area contributed by atoms with Gasteiger partial charge in [0.15, 0.2) is 0 Å². The lowest BCUT2D eigenvalue weighted by atomic mass is 10.1. The first kappa shape index (κ1) is 18.7. The number of benzene rings is 1. The summed E-state index contributed by atoms with van der Waals surface area (Å²) in [4.78, 5) is 12.4. The molecule has 0 aliphatic heterocycles. The maximum Gasteiger partial charge on any atom is 0.251 e. The summed E-state index contributed by atoms with van der Waals surface area (Å²) >= 11 is 0. The highest BCUT2D eigenvalue weighted by molar-refractivity contribution is 7.89. The van der Waals surface area contributed by atoms with Crippen LogP contribution in [-0.4, -0.2) is 20.4 Å². The third-order valence-electron chi connectivity index (χ3n) is 4.59. The van der Waals surface area contributed by atoms with E-state index in [1.165, 1.54) is 18.4 Å². The molecule has 1 aliphatic rings. The standard InChI is InChI=1S/C19H24N2O4S/c22-19(20-14-17-10-6-12-25-17)15-7-5-11-18(13-15)26(23,24)21-16-8-3-1-2-4-9-16/h5-7,10-13,16,21H,1-4,8-9,14H2,(H,20,22). The fourth-order valence-electron chi connectivity index (χ4n) is 3.17. The van der Waals surface area contributed by atoms with Crippen molar-refractivity contribution < 1.29 is 17.6 Å². The smallest absolute Gasteiger partial charge is 0.251 e. The molecule has 0 radical (unpaired) electrons. The van der Waals surface area contributed by atoms with Gasteiger partial charge in [-0.1, -0.05) is 31.7 Å². The van der Waals surface area contributed by atoms with Gasteiger partial charge in [-0.2, -0.15) is 0 Å². The molecule has 1 saturated carbocycles. The summed E-state index contributed by atoms with van der Waals surface area (Å²) in [5.41, 5.74) is 0.306. The van der Waals surface area contributed by atoms with Crippen molar-refractivity contribution in [2.75, 3.05) is 0 Å². The van der Waals surface area contributed by atoms with Crippen LogP contribution < -0.4 is 10.0 Å². The average molecular weight is 376 g/mol. The molecule has 0 saturated heterocycles. The van der Waals surface area contributed by atoms with Crippen molar-refractivity contribution in [2.24, 2.45) is 0 Å². The van der Waals surface area contributed by atoms with Crippen LogP contribution in [0.5, 0.6) is 0 Å². The summed E-state index contributed by atoms with van der Waals surface area (Å²) in [6.07, 6.45) is 7.66. The van der Waals surface area contributed by atoms with Gasteiger partial charge in [-0.3, -0.25) is 4.79 Å². The molecule has 0 atom stereocenters. The summed E-state index contributed by atoms with van der Waals surface area (Å²) in [6, 6.07) is 9.59. The second-order valence-electron chi connectivity index (χ2n) is 6.60. The number of furan rings is 1. The first-order valence-electron chi connectivity index (χ1n) is 8.97. The number of carbonyl (C=O) groups is 1. The van der Waals surface area contributed by atoms with Crippen LogP contribution in [0.2, 0.25) is 0 Å². The number of hydrogen-bond donors (Lipinski definition) is 2. The maximum atomic E-state index is 12.7. The van der Waals surface area contributed by atoms with Gasteiger partial charge in [0, 0.05) is 11.6 Å². The van der Waals surface area contributed by atoms with E-state index in [0.29, 0.717) is 11.3 Å². The van der Waals surface area contributed by atoms with E-state index in [4.69, 9.17) is 4.42 Å². The highest BCUT2D eigenvalue weighted by Crippen LogP contribution is 2.20. The predicted octanol–water partition coefficient (Wildman–Crippen LogP) is 3.21. The van der Waals surface area contributed by atoms with E-state index >= 15 is 0 Å². The van der Waals surface area contributed by atoms with Gasteiger partial charge in [-0.15, -0.1) is 0 Å². The minimum atomic E-state index is -3.64. The number of sulfonamides is 1. The third kappa shape index (κ3) is 4.95. The SMILES string of the molecule is O=C(NCc1ccco1)c1cccc(S(=O)(=O)NC2CCCCCC2)c1. The molecule has 3 rings (SSSR count). The minimum Gasteiger partial charge on any atom is -0.467 e. The Labute approximate surface area is 154 Å². The lowest BCUT2D eigenvalue weighted by Gasteiger charge is -2.16. The lowest BCUT2D eigenvalue weighted by Crippen LogP contribution is -2.34. The molecule has 26 heavy (non-hydrogen) atoms. The molecule has 2 N–H and O–H groups in total. The molecule has 1 aliphatic carbocycles. The lowest BCUT2D eigenvalue weighted by molar-refractivity contribution is 0.0948. The van der Waals surface area contributed by atoms with Crippen molar-refractivity contribution in [3.05, 3.63) is 54.0 Å². The Balaban J connectivity index is 1.67. The number of amides is 1. The fourth-order valence-corrected chi connectivity index (χ4v) is 4.52. The summed E-state index contributed by atoms with van der Waals surface area (Å²) in [6.45, 7) is 0.253. The Bertz CT molecular complexity index is 823. The molecule has 7 heteroatoms. The topological polar surface area (TPSA) is 88.4 Å². The first-order valence-corrected chi connectivity index (χ1v) is 10.5. The summed E-state index contributed by atoms with van der Waals surface area (Å²) in [5, 5.41) is 2.72. The molecule has 1 fully saturated rings. The van der Waals surface area contributed by atoms with Crippen LogP contribution in [0, 0.1) is 0 Å². The highest BCUT2D eigenvalue weighted by Gasteiger charge is 2.22. The van der Waals surface area contributed by atoms with Crippen molar-refractivity contribution in [3.8, 4) is 0 Å². The Morgan fingerprint density at radius 1 is 1.08 bits per heavy atom. The van der Waals surface area contributed by atoms with Gasteiger partial charge in [0.2, 0.25) is 10.0 Å². The van der Waals surface area contributed by atoms with E-state index < -0.39 is 10.0 Å². The van der Waals surface area contributed by atoms with Crippen molar-refractivity contribution in [3.63, 3.8) is 0 Å². The van der Waals surface area contributed by atoms with Crippen LogP contribution in [0.15, 0.2) is 52.0 Å². The molecule has 6 nitrogen and oxygen atoms in total. The summed E-state index contributed by atoms with van der Waals surface area (Å²) in [7, 11) is -3.64. The maximum absolute atomic E-state index is 12.7. The van der Waals surface area contributed by atoms with E-state index in [0.717, 1.165) is 38.5 Å². The molecule has 2 aromatic rings. The quantitative estimate of drug-likeness (QED) is 0.758. The molecule has 0 spiro atoms. The fraction of sp³-hybridized carbons (Fsp3) is 0.421. The molecular formula is C19H24N2O4S. The Morgan fingerprint density at radius 2 is 1.85 bits per heavy atom. The van der Waals surface area contributed by atoms with E-state index in [-0.39, 0.29) is 23.4 Å². The predicted molar refractivity (Wildman–Crippen MR) is 98.1 cm³/mol. The minimum absolute atomic E-state index is 0.0288. The Morgan fingerprint density at radius 3 is 2.54 bits per heavy atom. The van der Waals surface area contributed by atoms with Gasteiger partial charge in [0.1, 0.15) is 5.76 Å². The number of carbonyl (C=O) groups excluding carboxylic acids is 1. The molecule has 0 unspecified atom stereocenters. The van der Waals surface area contributed by atoms with Crippen LogP contribution in [0.25, 0.3) is 0 Å². The van der Waals surface area contributed by atoms with Crippen molar-refractivity contribution >= 4 is 15.9 Å². The zero-order valence-electron chi connectivity index (χ0n) is 14.6. The molecule has 1 amide bonds. The van der Waals surface area contributed by atoms with Gasteiger partial charge >= 0.3 is 0 Å². The molecule has 1 aromatic heterocycles. The van der Waals surface area contributed by atoms with Crippen molar-refractivity contribution in [1.29, 1.82) is 0 Å². The number of nitrogens with one attached hydrogen (secondary N) is 2. The van der Waals surface area contributed by atoms with Crippen LogP contribution >= 0.6 is 0 Å². The van der Waals surface area contributed by atoms with Crippen molar-refractivity contribution in [1.82, 2.24) is 10.0 Å². The highest BCUT2D eigenvalue weighted by atomic mass is 32.2. The van der Waals surface area contributed by atoms with Crippen LogP contribution in [0.4, 0.5) is 0 Å². The molecule has 140 valence electrons. The zero-order chi connectivity index (χ0) is 18.4. The van der Waals surface area contributed by atoms with Crippen LogP contribution in [-0.2, 0) is 16.6 Å². The van der Waals surface area contributed by atoms with Gasteiger partial charge < -0.3 is 9.73 Å². The zero-order valence-corrected chi connectivity index (χ0v) is 15.4. The van der Waals surface area contributed by atoms with E-state index in [9.17, 15) is 13.2 Å². The molecule has 1 aromatic carbocycles. The van der Waals surface area contributed by atoms with E-state index in [1.54, 1.807) is 24.3 Å². The second-order valence-corrected chi connectivity index (χ2v) is 8.31. The number of rotatable bonds is 6. The van der Waals surface area contributed by atoms with E-state index in [1.807, 2.05) is 0 Å². The van der Waals surface area contributed by atoms with Gasteiger partial charge in [0.05, 0.1) is 17.7 Å². The molecule has 1 heterocycles. The van der Waals surface area contributed by atoms with Gasteiger partial charge in [0.25, 0.3) is 5.91 Å². The van der Waals surface area contributed by atoms with Crippen LogP contribution in [0.3, 0.4) is 0 Å². The molecule has 0 bridgehead atoms.